The van der Waals surface area contributed by atoms with Crippen molar-refractivity contribution in [1.82, 2.24) is 14.5 Å². The van der Waals surface area contributed by atoms with Crippen molar-refractivity contribution in [2.24, 2.45) is 4.99 Å². The Morgan fingerprint density at radius 3 is 2.78 bits per heavy atom. The zero-order chi connectivity index (χ0) is 18.8. The van der Waals surface area contributed by atoms with Crippen LogP contribution in [0.2, 0.25) is 0 Å². The molecule has 0 spiro atoms. The SMILES string of the molecule is O=C(/N=c1\occ(C(=O)O)n1Cc1ccccc1)c1c[nH]c2ncccc12. The molecule has 134 valence electrons. The van der Waals surface area contributed by atoms with Gasteiger partial charge in [0.15, 0.2) is 5.69 Å². The van der Waals surface area contributed by atoms with Crippen LogP contribution in [0.3, 0.4) is 0 Å². The van der Waals surface area contributed by atoms with Crippen molar-refractivity contribution in [3.63, 3.8) is 0 Å². The molecule has 4 aromatic rings. The molecule has 0 saturated heterocycles. The second kappa shape index (κ2) is 6.75. The van der Waals surface area contributed by atoms with Gasteiger partial charge in [-0.05, 0) is 17.7 Å². The van der Waals surface area contributed by atoms with E-state index in [1.807, 2.05) is 30.3 Å². The highest BCUT2D eigenvalue weighted by molar-refractivity contribution is 6.06. The van der Waals surface area contributed by atoms with Gasteiger partial charge in [0.2, 0.25) is 0 Å². The smallest absolute Gasteiger partial charge is 0.355 e. The summed E-state index contributed by atoms with van der Waals surface area (Å²) in [7, 11) is 0. The van der Waals surface area contributed by atoms with Crippen LogP contribution in [0.25, 0.3) is 11.0 Å². The second-order valence-corrected chi connectivity index (χ2v) is 5.80. The zero-order valence-corrected chi connectivity index (χ0v) is 14.0. The summed E-state index contributed by atoms with van der Waals surface area (Å²) >= 11 is 0. The molecule has 0 fully saturated rings. The molecule has 0 radical (unpaired) electrons. The molecule has 3 heterocycles. The fourth-order valence-corrected chi connectivity index (χ4v) is 2.79. The zero-order valence-electron chi connectivity index (χ0n) is 14.0. The molecule has 3 aromatic heterocycles. The molecule has 0 saturated carbocycles. The van der Waals surface area contributed by atoms with E-state index in [1.165, 1.54) is 10.8 Å². The number of oxazole rings is 1. The molecular formula is C19H14N4O4. The lowest BCUT2D eigenvalue weighted by molar-refractivity contribution is 0.0684. The first-order valence-electron chi connectivity index (χ1n) is 8.10. The maximum absolute atomic E-state index is 12.6. The van der Waals surface area contributed by atoms with Gasteiger partial charge in [0.1, 0.15) is 11.9 Å². The van der Waals surface area contributed by atoms with E-state index in [1.54, 1.807) is 18.3 Å². The van der Waals surface area contributed by atoms with E-state index in [-0.39, 0.29) is 17.9 Å². The Balaban J connectivity index is 1.79. The number of hydrogen-bond donors (Lipinski definition) is 2. The highest BCUT2D eigenvalue weighted by Crippen LogP contribution is 2.16. The van der Waals surface area contributed by atoms with Crippen molar-refractivity contribution in [3.05, 3.63) is 83.6 Å². The number of hydrogen-bond acceptors (Lipinski definition) is 4. The van der Waals surface area contributed by atoms with Gasteiger partial charge in [-0.1, -0.05) is 30.3 Å². The number of carbonyl (C=O) groups is 2. The van der Waals surface area contributed by atoms with Gasteiger partial charge in [-0.25, -0.2) is 9.78 Å². The number of carboxylic acid groups (broad SMARTS) is 1. The second-order valence-electron chi connectivity index (χ2n) is 5.80. The van der Waals surface area contributed by atoms with Crippen LogP contribution in [0.5, 0.6) is 0 Å². The minimum atomic E-state index is -1.17. The number of nitrogens with one attached hydrogen (secondary N) is 1. The molecule has 2 N–H and O–H groups in total. The molecule has 0 aliphatic heterocycles. The Bertz CT molecular complexity index is 1200. The number of rotatable bonds is 4. The molecule has 0 unspecified atom stereocenters. The monoisotopic (exact) mass is 362 g/mol. The Hall–Kier alpha value is -3.94. The van der Waals surface area contributed by atoms with Gasteiger partial charge in [0.05, 0.1) is 12.1 Å². The minimum Gasteiger partial charge on any atom is -0.476 e. The predicted molar refractivity (Wildman–Crippen MR) is 95.2 cm³/mol. The van der Waals surface area contributed by atoms with Crippen LogP contribution in [-0.4, -0.2) is 31.5 Å². The lowest BCUT2D eigenvalue weighted by atomic mass is 10.2. The number of aromatic amines is 1. The van der Waals surface area contributed by atoms with E-state index in [0.717, 1.165) is 11.8 Å². The Morgan fingerprint density at radius 2 is 2.00 bits per heavy atom. The van der Waals surface area contributed by atoms with E-state index in [9.17, 15) is 14.7 Å². The largest absolute Gasteiger partial charge is 0.476 e. The van der Waals surface area contributed by atoms with Gasteiger partial charge in [-0.2, -0.15) is 4.99 Å². The van der Waals surface area contributed by atoms with Gasteiger partial charge in [-0.3, -0.25) is 9.36 Å². The van der Waals surface area contributed by atoms with Gasteiger partial charge >= 0.3 is 11.7 Å². The third-order valence-corrected chi connectivity index (χ3v) is 4.08. The molecule has 0 aliphatic carbocycles. The molecule has 0 aliphatic rings. The van der Waals surface area contributed by atoms with Gasteiger partial charge in [0, 0.05) is 17.8 Å². The molecule has 0 atom stereocenters. The maximum Gasteiger partial charge on any atom is 0.355 e. The summed E-state index contributed by atoms with van der Waals surface area (Å²) in [6.45, 7) is 0.209. The summed E-state index contributed by atoms with van der Waals surface area (Å²) in [4.78, 5) is 35.2. The summed E-state index contributed by atoms with van der Waals surface area (Å²) < 4.78 is 6.63. The van der Waals surface area contributed by atoms with Gasteiger partial charge < -0.3 is 14.5 Å². The number of carboxylic acids is 1. The normalized spacial score (nSPS) is 11.8. The van der Waals surface area contributed by atoms with Gasteiger partial charge in [-0.15, -0.1) is 0 Å². The molecule has 1 aromatic carbocycles. The van der Waals surface area contributed by atoms with Crippen molar-refractivity contribution in [1.29, 1.82) is 0 Å². The van der Waals surface area contributed by atoms with Crippen molar-refractivity contribution in [3.8, 4) is 0 Å². The minimum absolute atomic E-state index is 0.0838. The van der Waals surface area contributed by atoms with Crippen molar-refractivity contribution < 1.29 is 19.1 Å². The quantitative estimate of drug-likeness (QED) is 0.579. The molecule has 27 heavy (non-hydrogen) atoms. The average Bonchev–Trinajstić information content (AvgIpc) is 3.27. The number of H-pyrrole nitrogens is 1. The number of pyridine rings is 1. The van der Waals surface area contributed by atoms with Crippen LogP contribution in [0.4, 0.5) is 0 Å². The number of fused-ring (bicyclic) bond motifs is 1. The third-order valence-electron chi connectivity index (χ3n) is 4.08. The Morgan fingerprint density at radius 1 is 1.19 bits per heavy atom. The standard InChI is InChI=1S/C19H14N4O4/c24-17(14-9-21-16-13(14)7-4-8-20-16)22-19-23(15(11-27-19)18(25)26)10-12-5-2-1-3-6-12/h1-9,11H,10H2,(H,20,21)(H,25,26)/b22-19-. The number of amides is 1. The first-order valence-corrected chi connectivity index (χ1v) is 8.10. The highest BCUT2D eigenvalue weighted by atomic mass is 16.4. The summed E-state index contributed by atoms with van der Waals surface area (Å²) in [5, 5.41) is 10.0. The summed E-state index contributed by atoms with van der Waals surface area (Å²) in [5.41, 5.74) is 1.58. The van der Waals surface area contributed by atoms with Crippen LogP contribution >= 0.6 is 0 Å². The number of benzene rings is 1. The van der Waals surface area contributed by atoms with Crippen molar-refractivity contribution in [2.45, 2.75) is 6.54 Å². The van der Waals surface area contributed by atoms with E-state index in [4.69, 9.17) is 4.42 Å². The van der Waals surface area contributed by atoms with Crippen LogP contribution in [0, 0.1) is 0 Å². The lowest BCUT2D eigenvalue weighted by Crippen LogP contribution is -2.23. The van der Waals surface area contributed by atoms with Crippen LogP contribution in [0.1, 0.15) is 26.4 Å². The molecule has 8 heteroatoms. The van der Waals surface area contributed by atoms with Gasteiger partial charge in [0.25, 0.3) is 5.91 Å². The van der Waals surface area contributed by atoms with E-state index >= 15 is 0 Å². The highest BCUT2D eigenvalue weighted by Gasteiger charge is 2.17. The van der Waals surface area contributed by atoms with E-state index < -0.39 is 11.9 Å². The molecule has 1 amide bonds. The third kappa shape index (κ3) is 3.15. The number of carbonyl (C=O) groups excluding carboxylic acids is 1. The summed E-state index contributed by atoms with van der Waals surface area (Å²) in [5.74, 6) is -1.72. The topological polar surface area (TPSA) is 113 Å². The maximum atomic E-state index is 12.6. The fourth-order valence-electron chi connectivity index (χ4n) is 2.79. The Kier molecular flexibility index (Phi) is 4.13. The molecule has 8 nitrogen and oxygen atoms in total. The first kappa shape index (κ1) is 16.5. The molecule has 0 bridgehead atoms. The number of nitrogens with zero attached hydrogens (tertiary/aromatic N) is 3. The van der Waals surface area contributed by atoms with Crippen LogP contribution in [0.15, 0.2) is 70.5 Å². The van der Waals surface area contributed by atoms with E-state index in [0.29, 0.717) is 16.6 Å². The lowest BCUT2D eigenvalue weighted by Gasteiger charge is -2.04. The average molecular weight is 362 g/mol. The summed E-state index contributed by atoms with van der Waals surface area (Å²) in [6.07, 6.45) is 4.21. The molecule has 4 rings (SSSR count). The summed E-state index contributed by atoms with van der Waals surface area (Å²) in [6, 6.07) is 12.7. The van der Waals surface area contributed by atoms with Crippen LogP contribution < -0.4 is 5.68 Å². The van der Waals surface area contributed by atoms with Crippen molar-refractivity contribution in [2.75, 3.05) is 0 Å². The Labute approximate surface area is 152 Å². The number of aromatic carboxylic acids is 1. The first-order chi connectivity index (χ1) is 13.1. The molecular weight excluding hydrogens is 348 g/mol. The number of aromatic nitrogens is 3. The van der Waals surface area contributed by atoms with Crippen molar-refractivity contribution >= 4 is 22.9 Å². The predicted octanol–water partition coefficient (Wildman–Crippen LogP) is 2.45. The van der Waals surface area contributed by atoms with E-state index in [2.05, 4.69) is 15.0 Å². The van der Waals surface area contributed by atoms with Crippen LogP contribution in [-0.2, 0) is 6.54 Å². The fraction of sp³-hybridized carbons (Fsp3) is 0.0526.